The normalized spacial score (nSPS) is 18.7. The fourth-order valence-electron chi connectivity index (χ4n) is 3.52. The minimum absolute atomic E-state index is 0.0867. The smallest absolute Gasteiger partial charge is 0.202 e. The number of methoxy groups -OCH3 is 1. The van der Waals surface area contributed by atoms with Crippen molar-refractivity contribution in [3.05, 3.63) is 102 Å². The van der Waals surface area contributed by atoms with Gasteiger partial charge in [-0.1, -0.05) is 60.4 Å². The Kier molecular flexibility index (Phi) is 6.11. The van der Waals surface area contributed by atoms with Gasteiger partial charge in [-0.15, -0.1) is 0 Å². The zero-order chi connectivity index (χ0) is 22.6. The molecule has 1 aliphatic carbocycles. The number of nitrogens with zero attached hydrogens (tertiary/aromatic N) is 1. The van der Waals surface area contributed by atoms with Gasteiger partial charge in [0.05, 0.1) is 24.5 Å². The average Bonchev–Trinajstić information content (AvgIpc) is 2.82. The SMILES string of the molecule is COc1ccc(N=C2C(OC(C)C)=C(c3ccccc3)C2(O)C#Cc2ccccc2)cc1. The molecule has 4 rings (SSSR count). The zero-order valence-corrected chi connectivity index (χ0v) is 18.4. The van der Waals surface area contributed by atoms with Crippen LogP contribution in [0.5, 0.6) is 5.75 Å². The topological polar surface area (TPSA) is 51.0 Å². The van der Waals surface area contributed by atoms with Crippen LogP contribution < -0.4 is 4.74 Å². The Morgan fingerprint density at radius 3 is 2.09 bits per heavy atom. The van der Waals surface area contributed by atoms with Gasteiger partial charge in [0.25, 0.3) is 0 Å². The highest BCUT2D eigenvalue weighted by Gasteiger charge is 2.52. The molecule has 0 saturated heterocycles. The molecule has 0 aliphatic heterocycles. The fraction of sp³-hybridized carbons (Fsp3) is 0.179. The Hall–Kier alpha value is -3.81. The summed E-state index contributed by atoms with van der Waals surface area (Å²) in [6.45, 7) is 3.90. The molecule has 0 fully saturated rings. The molecule has 1 N–H and O–H groups in total. The van der Waals surface area contributed by atoms with Crippen molar-refractivity contribution >= 4 is 17.0 Å². The molecular formula is C28H25NO3. The first-order valence-electron chi connectivity index (χ1n) is 10.5. The molecule has 3 aromatic carbocycles. The number of hydrogen-bond acceptors (Lipinski definition) is 4. The molecule has 4 nitrogen and oxygen atoms in total. The van der Waals surface area contributed by atoms with Crippen LogP contribution in [0.15, 0.2) is 95.7 Å². The van der Waals surface area contributed by atoms with E-state index >= 15 is 0 Å². The molecule has 3 aromatic rings. The van der Waals surface area contributed by atoms with Crippen LogP contribution >= 0.6 is 0 Å². The Labute approximate surface area is 188 Å². The van der Waals surface area contributed by atoms with E-state index in [2.05, 4.69) is 11.8 Å². The molecule has 1 aliphatic rings. The first-order chi connectivity index (χ1) is 15.5. The van der Waals surface area contributed by atoms with E-state index < -0.39 is 5.60 Å². The summed E-state index contributed by atoms with van der Waals surface area (Å²) in [6, 6.07) is 26.6. The summed E-state index contributed by atoms with van der Waals surface area (Å²) in [6.07, 6.45) is -0.0867. The predicted octanol–water partition coefficient (Wildman–Crippen LogP) is 5.40. The fourth-order valence-corrected chi connectivity index (χ4v) is 3.52. The van der Waals surface area contributed by atoms with Gasteiger partial charge in [0.15, 0.2) is 5.76 Å². The van der Waals surface area contributed by atoms with E-state index in [1.165, 1.54) is 0 Å². The molecule has 1 unspecified atom stereocenters. The third-order valence-electron chi connectivity index (χ3n) is 5.04. The number of aliphatic hydroxyl groups is 1. The van der Waals surface area contributed by atoms with Crippen LogP contribution in [0.2, 0.25) is 0 Å². The highest BCUT2D eigenvalue weighted by molar-refractivity contribution is 6.28. The van der Waals surface area contributed by atoms with Gasteiger partial charge in [0, 0.05) is 5.56 Å². The molecule has 0 spiro atoms. The number of aliphatic imine (C=N–C) groups is 1. The lowest BCUT2D eigenvalue weighted by Crippen LogP contribution is -2.50. The molecule has 0 saturated carbocycles. The lowest BCUT2D eigenvalue weighted by molar-refractivity contribution is 0.135. The van der Waals surface area contributed by atoms with Crippen molar-refractivity contribution in [3.63, 3.8) is 0 Å². The largest absolute Gasteiger partial charge is 0.497 e. The second kappa shape index (κ2) is 9.13. The zero-order valence-electron chi connectivity index (χ0n) is 18.4. The van der Waals surface area contributed by atoms with Gasteiger partial charge < -0.3 is 14.6 Å². The molecule has 1 atom stereocenters. The summed E-state index contributed by atoms with van der Waals surface area (Å²) < 4.78 is 11.4. The second-order valence-corrected chi connectivity index (χ2v) is 7.72. The van der Waals surface area contributed by atoms with E-state index in [1.807, 2.05) is 98.8 Å². The minimum atomic E-state index is -1.57. The molecule has 32 heavy (non-hydrogen) atoms. The Morgan fingerprint density at radius 2 is 1.50 bits per heavy atom. The summed E-state index contributed by atoms with van der Waals surface area (Å²) in [5.74, 6) is 7.47. The monoisotopic (exact) mass is 423 g/mol. The summed E-state index contributed by atoms with van der Waals surface area (Å²) >= 11 is 0. The molecule has 4 heteroatoms. The number of ether oxygens (including phenoxy) is 2. The average molecular weight is 424 g/mol. The van der Waals surface area contributed by atoms with Gasteiger partial charge in [-0.3, -0.25) is 0 Å². The second-order valence-electron chi connectivity index (χ2n) is 7.72. The van der Waals surface area contributed by atoms with Crippen LogP contribution in [-0.2, 0) is 4.74 Å². The van der Waals surface area contributed by atoms with Crippen molar-refractivity contribution in [2.24, 2.45) is 4.99 Å². The number of rotatable bonds is 5. The van der Waals surface area contributed by atoms with E-state index in [0.717, 1.165) is 16.9 Å². The van der Waals surface area contributed by atoms with E-state index in [-0.39, 0.29) is 6.10 Å². The van der Waals surface area contributed by atoms with Gasteiger partial charge in [0.2, 0.25) is 5.60 Å². The summed E-state index contributed by atoms with van der Waals surface area (Å²) in [5.41, 5.74) is 1.80. The van der Waals surface area contributed by atoms with Crippen LogP contribution in [-0.4, -0.2) is 29.6 Å². The van der Waals surface area contributed by atoms with Gasteiger partial charge in [-0.25, -0.2) is 4.99 Å². The Morgan fingerprint density at radius 1 is 0.875 bits per heavy atom. The molecule has 0 heterocycles. The number of benzene rings is 3. The highest BCUT2D eigenvalue weighted by atomic mass is 16.5. The van der Waals surface area contributed by atoms with Crippen LogP contribution in [0.25, 0.3) is 5.57 Å². The van der Waals surface area contributed by atoms with Crippen LogP contribution in [0, 0.1) is 11.8 Å². The van der Waals surface area contributed by atoms with Crippen molar-refractivity contribution in [1.82, 2.24) is 0 Å². The van der Waals surface area contributed by atoms with E-state index in [9.17, 15) is 5.11 Å². The molecule has 160 valence electrons. The molecular weight excluding hydrogens is 398 g/mol. The maximum Gasteiger partial charge on any atom is 0.202 e. The highest BCUT2D eigenvalue weighted by Crippen LogP contribution is 2.45. The number of hydrogen-bond donors (Lipinski definition) is 1. The van der Waals surface area contributed by atoms with Gasteiger partial charge in [0.1, 0.15) is 11.5 Å². The minimum Gasteiger partial charge on any atom is -0.497 e. The van der Waals surface area contributed by atoms with Crippen LogP contribution in [0.3, 0.4) is 0 Å². The Balaban J connectivity index is 1.88. The van der Waals surface area contributed by atoms with Crippen LogP contribution in [0.1, 0.15) is 25.0 Å². The van der Waals surface area contributed by atoms with Gasteiger partial charge in [-0.05, 0) is 55.8 Å². The van der Waals surface area contributed by atoms with E-state index in [4.69, 9.17) is 14.5 Å². The molecule has 0 aromatic heterocycles. The van der Waals surface area contributed by atoms with E-state index in [1.54, 1.807) is 7.11 Å². The summed E-state index contributed by atoms with van der Waals surface area (Å²) in [5, 5.41) is 11.8. The summed E-state index contributed by atoms with van der Waals surface area (Å²) in [4.78, 5) is 4.74. The molecule has 0 bridgehead atoms. The maximum atomic E-state index is 11.8. The van der Waals surface area contributed by atoms with Gasteiger partial charge >= 0.3 is 0 Å². The standard InChI is InChI=1S/C28H25NO3/c1-20(2)32-26-25(22-12-8-5-9-13-22)28(30,19-18-21-10-6-4-7-11-21)27(26)29-23-14-16-24(31-3)17-15-23/h4-17,20,30H,1-3H3. The van der Waals surface area contributed by atoms with Crippen LogP contribution in [0.4, 0.5) is 5.69 Å². The summed E-state index contributed by atoms with van der Waals surface area (Å²) in [7, 11) is 1.62. The lowest BCUT2D eigenvalue weighted by Gasteiger charge is -2.39. The van der Waals surface area contributed by atoms with Crippen molar-refractivity contribution in [2.75, 3.05) is 7.11 Å². The first kappa shape index (κ1) is 21.4. The van der Waals surface area contributed by atoms with Crippen molar-refractivity contribution in [3.8, 4) is 17.6 Å². The third kappa shape index (κ3) is 4.30. The van der Waals surface area contributed by atoms with Crippen molar-refractivity contribution in [1.29, 1.82) is 0 Å². The lowest BCUT2D eigenvalue weighted by atomic mass is 9.72. The van der Waals surface area contributed by atoms with Gasteiger partial charge in [-0.2, -0.15) is 0 Å². The quantitative estimate of drug-likeness (QED) is 0.559. The third-order valence-corrected chi connectivity index (χ3v) is 5.04. The first-order valence-corrected chi connectivity index (χ1v) is 10.5. The molecule has 0 amide bonds. The van der Waals surface area contributed by atoms with Crippen molar-refractivity contribution < 1.29 is 14.6 Å². The Bertz CT molecular complexity index is 1200. The van der Waals surface area contributed by atoms with E-state index in [0.29, 0.717) is 22.7 Å². The van der Waals surface area contributed by atoms with Crippen molar-refractivity contribution in [2.45, 2.75) is 25.6 Å². The predicted molar refractivity (Wildman–Crippen MR) is 128 cm³/mol. The molecule has 0 radical (unpaired) electrons. The maximum absolute atomic E-state index is 11.8.